The molecule has 0 saturated carbocycles. The molecule has 6 heteroatoms. The molecule has 0 spiro atoms. The molecule has 2 atom stereocenters. The largest absolute Gasteiger partial charge is 0.502 e. The van der Waals surface area contributed by atoms with Crippen molar-refractivity contribution in [2.24, 2.45) is 0 Å². The molecule has 0 aliphatic carbocycles. The van der Waals surface area contributed by atoms with E-state index in [0.717, 1.165) is 11.1 Å². The van der Waals surface area contributed by atoms with Gasteiger partial charge in [-0.05, 0) is 18.2 Å². The van der Waals surface area contributed by atoms with Gasteiger partial charge in [0, 0.05) is 11.1 Å². The maximum Gasteiger partial charge on any atom is 0.201 e. The minimum absolute atomic E-state index is 0.0151. The number of phenolic OH excluding ortho intramolecular Hbond substituents is 2. The number of methoxy groups -OCH3 is 2. The van der Waals surface area contributed by atoms with Crippen molar-refractivity contribution < 1.29 is 29.2 Å². The zero-order valence-electron chi connectivity index (χ0n) is 12.7. The number of benzene rings is 2. The van der Waals surface area contributed by atoms with E-state index < -0.39 is 0 Å². The molecular weight excluding hydrogens is 300 g/mol. The molecular formula is C17H16O6. The monoisotopic (exact) mass is 316 g/mol. The Kier molecular flexibility index (Phi) is 2.94. The molecule has 0 saturated heterocycles. The van der Waals surface area contributed by atoms with Gasteiger partial charge in [0.1, 0.15) is 6.10 Å². The summed E-state index contributed by atoms with van der Waals surface area (Å²) in [5.41, 5.74) is 1.60. The van der Waals surface area contributed by atoms with E-state index in [1.165, 1.54) is 14.2 Å². The van der Waals surface area contributed by atoms with E-state index in [2.05, 4.69) is 0 Å². The van der Waals surface area contributed by atoms with Crippen molar-refractivity contribution in [3.8, 4) is 34.5 Å². The van der Waals surface area contributed by atoms with E-state index in [1.807, 2.05) is 12.1 Å². The van der Waals surface area contributed by atoms with Gasteiger partial charge in [-0.3, -0.25) is 0 Å². The lowest BCUT2D eigenvalue weighted by Crippen LogP contribution is -2.23. The predicted molar refractivity (Wildman–Crippen MR) is 80.9 cm³/mol. The lowest BCUT2D eigenvalue weighted by atomic mass is 9.89. The molecule has 6 nitrogen and oxygen atoms in total. The van der Waals surface area contributed by atoms with Gasteiger partial charge in [-0.15, -0.1) is 0 Å². The Balaban J connectivity index is 1.81. The van der Waals surface area contributed by atoms with E-state index in [9.17, 15) is 10.2 Å². The summed E-state index contributed by atoms with van der Waals surface area (Å²) in [7, 11) is 2.98. The Morgan fingerprint density at radius 1 is 0.913 bits per heavy atom. The molecule has 0 bridgehead atoms. The zero-order valence-corrected chi connectivity index (χ0v) is 12.7. The van der Waals surface area contributed by atoms with Gasteiger partial charge in [0.05, 0.1) is 26.7 Å². The van der Waals surface area contributed by atoms with Crippen molar-refractivity contribution in [2.45, 2.75) is 12.0 Å². The number of hydrogen-bond donors (Lipinski definition) is 2. The first-order valence-corrected chi connectivity index (χ1v) is 7.24. The summed E-state index contributed by atoms with van der Waals surface area (Å²) in [6.07, 6.45) is -0.330. The number of phenols is 2. The van der Waals surface area contributed by atoms with Crippen LogP contribution >= 0.6 is 0 Å². The third kappa shape index (κ3) is 1.81. The first kappa shape index (κ1) is 13.9. The summed E-state index contributed by atoms with van der Waals surface area (Å²) in [4.78, 5) is 0. The summed E-state index contributed by atoms with van der Waals surface area (Å²) < 4.78 is 21.9. The summed E-state index contributed by atoms with van der Waals surface area (Å²) in [5, 5.41) is 20.5. The number of ether oxygens (including phenoxy) is 4. The SMILES string of the molecule is COc1ccc2c(c1O)O[C@H]1c3ccc(OC)c(O)c3OC[C@@H]21. The van der Waals surface area contributed by atoms with Crippen molar-refractivity contribution in [1.29, 1.82) is 0 Å². The Bertz CT molecular complexity index is 785. The standard InChI is InChI=1S/C17H16O6/c1-20-11-6-4-9-15-10(7-22-16(9)13(11)18)8-3-5-12(21-2)14(19)17(8)23-15/h3-6,10,15,18-19H,7H2,1-2H3/t10-,15-/m0/s1. The molecule has 2 aliphatic heterocycles. The highest BCUT2D eigenvalue weighted by atomic mass is 16.5. The van der Waals surface area contributed by atoms with Crippen LogP contribution < -0.4 is 18.9 Å². The Morgan fingerprint density at radius 2 is 1.52 bits per heavy atom. The van der Waals surface area contributed by atoms with Gasteiger partial charge in [-0.25, -0.2) is 0 Å². The molecule has 4 rings (SSSR count). The maximum absolute atomic E-state index is 10.3. The van der Waals surface area contributed by atoms with E-state index in [0.29, 0.717) is 29.6 Å². The van der Waals surface area contributed by atoms with Crippen LogP contribution in [0.25, 0.3) is 0 Å². The second kappa shape index (κ2) is 4.87. The fourth-order valence-corrected chi connectivity index (χ4v) is 3.26. The lowest BCUT2D eigenvalue weighted by Gasteiger charge is -2.28. The smallest absolute Gasteiger partial charge is 0.201 e. The number of hydrogen-bond acceptors (Lipinski definition) is 6. The van der Waals surface area contributed by atoms with Crippen LogP contribution in [0, 0.1) is 0 Å². The van der Waals surface area contributed by atoms with E-state index in [4.69, 9.17) is 18.9 Å². The van der Waals surface area contributed by atoms with Crippen LogP contribution in [-0.2, 0) is 0 Å². The topological polar surface area (TPSA) is 77.4 Å². The van der Waals surface area contributed by atoms with Gasteiger partial charge in [-0.2, -0.15) is 0 Å². The van der Waals surface area contributed by atoms with Gasteiger partial charge in [-0.1, -0.05) is 6.07 Å². The fraction of sp³-hybridized carbons (Fsp3) is 0.294. The molecule has 0 aromatic heterocycles. The highest BCUT2D eigenvalue weighted by Gasteiger charge is 2.43. The highest BCUT2D eigenvalue weighted by Crippen LogP contribution is 2.57. The number of aromatic hydroxyl groups is 2. The Morgan fingerprint density at radius 3 is 2.17 bits per heavy atom. The predicted octanol–water partition coefficient (Wildman–Crippen LogP) is 2.72. The van der Waals surface area contributed by atoms with Crippen LogP contribution in [-0.4, -0.2) is 31.0 Å². The normalized spacial score (nSPS) is 20.6. The van der Waals surface area contributed by atoms with Crippen molar-refractivity contribution in [2.75, 3.05) is 20.8 Å². The van der Waals surface area contributed by atoms with Gasteiger partial charge in [0.15, 0.2) is 23.0 Å². The van der Waals surface area contributed by atoms with Gasteiger partial charge in [0.25, 0.3) is 0 Å². The van der Waals surface area contributed by atoms with Gasteiger partial charge in [0.2, 0.25) is 11.5 Å². The van der Waals surface area contributed by atoms with Crippen molar-refractivity contribution in [1.82, 2.24) is 0 Å². The minimum atomic E-state index is -0.330. The first-order chi connectivity index (χ1) is 11.2. The van der Waals surface area contributed by atoms with Gasteiger partial charge < -0.3 is 29.2 Å². The van der Waals surface area contributed by atoms with Crippen LogP contribution in [0.1, 0.15) is 23.1 Å². The summed E-state index contributed by atoms with van der Waals surface area (Å²) in [5.74, 6) is 1.38. The van der Waals surface area contributed by atoms with Crippen LogP contribution in [0.4, 0.5) is 0 Å². The van der Waals surface area contributed by atoms with Crippen molar-refractivity contribution >= 4 is 0 Å². The average molecular weight is 316 g/mol. The molecule has 2 heterocycles. The quantitative estimate of drug-likeness (QED) is 0.887. The molecule has 120 valence electrons. The molecule has 0 amide bonds. The second-order valence-electron chi connectivity index (χ2n) is 5.53. The summed E-state index contributed by atoms with van der Waals surface area (Å²) >= 11 is 0. The molecule has 0 radical (unpaired) electrons. The molecule has 2 aromatic carbocycles. The molecule has 0 fully saturated rings. The Hall–Kier alpha value is -2.76. The molecule has 2 aromatic rings. The fourth-order valence-electron chi connectivity index (χ4n) is 3.26. The zero-order chi connectivity index (χ0) is 16.1. The summed E-state index contributed by atoms with van der Waals surface area (Å²) in [6, 6.07) is 7.06. The maximum atomic E-state index is 10.3. The molecule has 2 N–H and O–H groups in total. The highest BCUT2D eigenvalue weighted by molar-refractivity contribution is 5.62. The minimum Gasteiger partial charge on any atom is -0.502 e. The van der Waals surface area contributed by atoms with Crippen molar-refractivity contribution in [3.63, 3.8) is 0 Å². The third-order valence-electron chi connectivity index (χ3n) is 4.41. The molecule has 0 unspecified atom stereocenters. The number of fused-ring (bicyclic) bond motifs is 5. The van der Waals surface area contributed by atoms with E-state index >= 15 is 0 Å². The summed E-state index contributed by atoms with van der Waals surface area (Å²) in [6.45, 7) is 0.344. The first-order valence-electron chi connectivity index (χ1n) is 7.24. The van der Waals surface area contributed by atoms with Crippen LogP contribution in [0.3, 0.4) is 0 Å². The van der Waals surface area contributed by atoms with E-state index in [1.54, 1.807) is 12.1 Å². The molecule has 2 aliphatic rings. The average Bonchev–Trinajstić information content (AvgIpc) is 2.95. The van der Waals surface area contributed by atoms with E-state index in [-0.39, 0.29) is 23.5 Å². The molecule has 23 heavy (non-hydrogen) atoms. The third-order valence-corrected chi connectivity index (χ3v) is 4.41. The van der Waals surface area contributed by atoms with Crippen LogP contribution in [0.5, 0.6) is 34.5 Å². The van der Waals surface area contributed by atoms with Gasteiger partial charge >= 0.3 is 0 Å². The van der Waals surface area contributed by atoms with Crippen LogP contribution in [0.15, 0.2) is 24.3 Å². The van der Waals surface area contributed by atoms with Crippen molar-refractivity contribution in [3.05, 3.63) is 35.4 Å². The van der Waals surface area contributed by atoms with Crippen LogP contribution in [0.2, 0.25) is 0 Å². The lowest BCUT2D eigenvalue weighted by molar-refractivity contribution is 0.133. The number of rotatable bonds is 2. The second-order valence-corrected chi connectivity index (χ2v) is 5.53. The Labute approximate surface area is 132 Å².